The summed E-state index contributed by atoms with van der Waals surface area (Å²) in [6.07, 6.45) is 2.19. The highest BCUT2D eigenvalue weighted by Gasteiger charge is 2.12. The highest BCUT2D eigenvalue weighted by Crippen LogP contribution is 2.28. The van der Waals surface area contributed by atoms with Gasteiger partial charge in [-0.3, -0.25) is 10.1 Å². The summed E-state index contributed by atoms with van der Waals surface area (Å²) in [5.41, 5.74) is 0.993. The lowest BCUT2D eigenvalue weighted by atomic mass is 10.2. The summed E-state index contributed by atoms with van der Waals surface area (Å²) < 4.78 is 0.506. The molecule has 0 saturated heterocycles. The van der Waals surface area contributed by atoms with Crippen LogP contribution in [-0.2, 0) is 0 Å². The smallest absolute Gasteiger partial charge is 0.283 e. The van der Waals surface area contributed by atoms with Crippen molar-refractivity contribution < 1.29 is 4.92 Å². The number of rotatable bonds is 5. The van der Waals surface area contributed by atoms with Gasteiger partial charge in [0.15, 0.2) is 0 Å². The lowest BCUT2D eigenvalue weighted by Crippen LogP contribution is -2.14. The predicted octanol–water partition coefficient (Wildman–Crippen LogP) is 3.96. The maximum Gasteiger partial charge on any atom is 0.283 e. The number of nitrogens with one attached hydrogen (secondary N) is 1. The Hall–Kier alpha value is -1.10. The second-order valence-corrected chi connectivity index (χ2v) is 4.61. The van der Waals surface area contributed by atoms with Crippen molar-refractivity contribution in [2.24, 2.45) is 0 Å². The molecule has 0 amide bonds. The van der Waals surface area contributed by atoms with Crippen molar-refractivity contribution in [1.82, 2.24) is 0 Å². The van der Waals surface area contributed by atoms with Crippen LogP contribution >= 0.6 is 15.9 Å². The van der Waals surface area contributed by atoms with Crippen molar-refractivity contribution >= 4 is 27.3 Å². The first-order chi connectivity index (χ1) is 7.54. The van der Waals surface area contributed by atoms with Gasteiger partial charge in [-0.1, -0.05) is 13.3 Å². The van der Waals surface area contributed by atoms with Crippen LogP contribution in [0.2, 0.25) is 0 Å². The van der Waals surface area contributed by atoms with Gasteiger partial charge in [-0.15, -0.1) is 0 Å². The molecule has 0 fully saturated rings. The molecule has 0 aliphatic rings. The molecular formula is C11H15BrN2O2. The molecule has 1 unspecified atom stereocenters. The Morgan fingerprint density at radius 1 is 1.56 bits per heavy atom. The SMILES string of the molecule is CCCC(C)Nc1ccc([N+](=O)[O-])c(Br)c1. The lowest BCUT2D eigenvalue weighted by Gasteiger charge is -2.14. The van der Waals surface area contributed by atoms with Crippen molar-refractivity contribution in [3.05, 3.63) is 32.8 Å². The first-order valence-electron chi connectivity index (χ1n) is 5.25. The minimum Gasteiger partial charge on any atom is -0.383 e. The summed E-state index contributed by atoms with van der Waals surface area (Å²) in [4.78, 5) is 10.2. The fraction of sp³-hybridized carbons (Fsp3) is 0.455. The zero-order valence-corrected chi connectivity index (χ0v) is 11.0. The summed E-state index contributed by atoms with van der Waals surface area (Å²) in [7, 11) is 0. The first-order valence-corrected chi connectivity index (χ1v) is 6.04. The average molecular weight is 287 g/mol. The van der Waals surface area contributed by atoms with Crippen molar-refractivity contribution in [2.75, 3.05) is 5.32 Å². The van der Waals surface area contributed by atoms with Crippen LogP contribution < -0.4 is 5.32 Å². The highest BCUT2D eigenvalue weighted by molar-refractivity contribution is 9.10. The van der Waals surface area contributed by atoms with E-state index in [1.165, 1.54) is 6.07 Å². The predicted molar refractivity (Wildman–Crippen MR) is 68.8 cm³/mol. The summed E-state index contributed by atoms with van der Waals surface area (Å²) in [5, 5.41) is 13.9. The number of hydrogen-bond acceptors (Lipinski definition) is 3. The number of anilines is 1. The zero-order valence-electron chi connectivity index (χ0n) is 9.37. The van der Waals surface area contributed by atoms with Gasteiger partial charge < -0.3 is 5.32 Å². The Morgan fingerprint density at radius 3 is 2.75 bits per heavy atom. The lowest BCUT2D eigenvalue weighted by molar-refractivity contribution is -0.385. The molecule has 88 valence electrons. The third kappa shape index (κ3) is 3.48. The Morgan fingerprint density at radius 2 is 2.25 bits per heavy atom. The van der Waals surface area contributed by atoms with E-state index in [-0.39, 0.29) is 5.69 Å². The van der Waals surface area contributed by atoms with Crippen molar-refractivity contribution in [3.8, 4) is 0 Å². The van der Waals surface area contributed by atoms with E-state index in [1.54, 1.807) is 12.1 Å². The van der Waals surface area contributed by atoms with E-state index in [1.807, 2.05) is 0 Å². The average Bonchev–Trinajstić information content (AvgIpc) is 2.17. The molecule has 1 N–H and O–H groups in total. The maximum atomic E-state index is 10.6. The van der Waals surface area contributed by atoms with E-state index < -0.39 is 4.92 Å². The number of nitrogens with zero attached hydrogens (tertiary/aromatic N) is 1. The van der Waals surface area contributed by atoms with Crippen LogP contribution in [0, 0.1) is 10.1 Å². The number of halogens is 1. The van der Waals surface area contributed by atoms with Gasteiger partial charge in [-0.2, -0.15) is 0 Å². The van der Waals surface area contributed by atoms with Crippen molar-refractivity contribution in [2.45, 2.75) is 32.7 Å². The quantitative estimate of drug-likeness (QED) is 0.658. The van der Waals surface area contributed by atoms with Crippen LogP contribution in [-0.4, -0.2) is 11.0 Å². The molecule has 0 aliphatic carbocycles. The largest absolute Gasteiger partial charge is 0.383 e. The molecule has 1 rings (SSSR count). The monoisotopic (exact) mass is 286 g/mol. The van der Waals surface area contributed by atoms with Gasteiger partial charge in [0.1, 0.15) is 0 Å². The van der Waals surface area contributed by atoms with E-state index in [0.717, 1.165) is 18.5 Å². The number of hydrogen-bond donors (Lipinski definition) is 1. The number of benzene rings is 1. The van der Waals surface area contributed by atoms with E-state index in [9.17, 15) is 10.1 Å². The Kier molecular flexibility index (Phi) is 4.73. The summed E-state index contributed by atoms with van der Waals surface area (Å²) in [5.74, 6) is 0. The van der Waals surface area contributed by atoms with Crippen LogP contribution in [0.3, 0.4) is 0 Å². The first kappa shape index (κ1) is 13.0. The Bertz CT molecular complexity index is 382. The molecule has 1 atom stereocenters. The number of nitro benzene ring substituents is 1. The Balaban J connectivity index is 2.77. The fourth-order valence-electron chi connectivity index (χ4n) is 1.53. The summed E-state index contributed by atoms with van der Waals surface area (Å²) in [6.45, 7) is 4.22. The molecule has 0 heterocycles. The summed E-state index contributed by atoms with van der Waals surface area (Å²) >= 11 is 3.19. The molecule has 1 aromatic rings. The minimum atomic E-state index is -0.399. The van der Waals surface area contributed by atoms with Crippen LogP contribution in [0.5, 0.6) is 0 Å². The topological polar surface area (TPSA) is 55.2 Å². The molecule has 4 nitrogen and oxygen atoms in total. The van der Waals surface area contributed by atoms with Crippen LogP contribution in [0.15, 0.2) is 22.7 Å². The van der Waals surface area contributed by atoms with Crippen molar-refractivity contribution in [3.63, 3.8) is 0 Å². The number of nitro groups is 1. The molecule has 5 heteroatoms. The molecule has 0 aromatic heterocycles. The normalized spacial score (nSPS) is 12.2. The van der Waals surface area contributed by atoms with Crippen LogP contribution in [0.25, 0.3) is 0 Å². The van der Waals surface area contributed by atoms with Crippen LogP contribution in [0.1, 0.15) is 26.7 Å². The molecule has 0 bridgehead atoms. The molecule has 1 aromatic carbocycles. The van der Waals surface area contributed by atoms with Crippen molar-refractivity contribution in [1.29, 1.82) is 0 Å². The molecular weight excluding hydrogens is 272 g/mol. The van der Waals surface area contributed by atoms with E-state index >= 15 is 0 Å². The molecule has 0 aliphatic heterocycles. The summed E-state index contributed by atoms with van der Waals surface area (Å²) in [6, 6.07) is 5.35. The zero-order chi connectivity index (χ0) is 12.1. The van der Waals surface area contributed by atoms with Gasteiger partial charge in [0, 0.05) is 17.8 Å². The second kappa shape index (κ2) is 5.84. The van der Waals surface area contributed by atoms with Gasteiger partial charge >= 0.3 is 0 Å². The minimum absolute atomic E-state index is 0.0914. The van der Waals surface area contributed by atoms with E-state index in [2.05, 4.69) is 35.1 Å². The third-order valence-corrected chi connectivity index (χ3v) is 2.91. The van der Waals surface area contributed by atoms with Gasteiger partial charge in [0.2, 0.25) is 0 Å². The van der Waals surface area contributed by atoms with Crippen LogP contribution in [0.4, 0.5) is 11.4 Å². The Labute approximate surface area is 103 Å². The molecule has 0 radical (unpaired) electrons. The van der Waals surface area contributed by atoms with Gasteiger partial charge in [-0.05, 0) is 41.4 Å². The fourth-order valence-corrected chi connectivity index (χ4v) is 2.06. The van der Waals surface area contributed by atoms with Gasteiger partial charge in [0.25, 0.3) is 5.69 Å². The molecule has 0 spiro atoms. The third-order valence-electron chi connectivity index (χ3n) is 2.28. The van der Waals surface area contributed by atoms with E-state index in [0.29, 0.717) is 10.5 Å². The standard InChI is InChI=1S/C11H15BrN2O2/c1-3-4-8(2)13-9-5-6-11(14(15)16)10(12)7-9/h5-8,13H,3-4H2,1-2H3. The maximum absolute atomic E-state index is 10.6. The van der Waals surface area contributed by atoms with E-state index in [4.69, 9.17) is 0 Å². The highest BCUT2D eigenvalue weighted by atomic mass is 79.9. The van der Waals surface area contributed by atoms with Gasteiger partial charge in [-0.25, -0.2) is 0 Å². The second-order valence-electron chi connectivity index (χ2n) is 3.76. The van der Waals surface area contributed by atoms with Gasteiger partial charge in [0.05, 0.1) is 9.40 Å². The molecule has 0 saturated carbocycles. The molecule has 16 heavy (non-hydrogen) atoms.